The number of aryl methyl sites for hydroxylation is 1. The zero-order chi connectivity index (χ0) is 28.8. The van der Waals surface area contributed by atoms with E-state index in [9.17, 15) is 39.2 Å². The summed E-state index contributed by atoms with van der Waals surface area (Å²) in [5.74, 6) is -1.76. The van der Waals surface area contributed by atoms with Crippen molar-refractivity contribution >= 4 is 15.8 Å². The smallest absolute Gasteiger partial charge is 0.360 e. The first kappa shape index (κ1) is 27.7. The maximum Gasteiger partial charge on any atom is 0.436 e. The van der Waals surface area contributed by atoms with Crippen LogP contribution in [0.25, 0.3) is 21.8 Å². The van der Waals surface area contributed by atoms with Gasteiger partial charge in [0.05, 0.1) is 16.9 Å². The fourth-order valence-corrected chi connectivity index (χ4v) is 4.65. The van der Waals surface area contributed by atoms with Crippen LogP contribution in [0.4, 0.5) is 36.6 Å². The number of benzene rings is 1. The predicted molar refractivity (Wildman–Crippen MR) is 120 cm³/mol. The lowest BCUT2D eigenvalue weighted by atomic mass is 10.1. The molecule has 39 heavy (non-hydrogen) atoms. The minimum absolute atomic E-state index is 0.0405. The van der Waals surface area contributed by atoms with Crippen LogP contribution in [0.15, 0.2) is 53.8 Å². The molecule has 0 bridgehead atoms. The van der Waals surface area contributed by atoms with E-state index in [-0.39, 0.29) is 22.5 Å². The number of sulfonamides is 1. The van der Waals surface area contributed by atoms with Crippen LogP contribution < -0.4 is 4.72 Å². The first-order valence-electron chi connectivity index (χ1n) is 10.5. The zero-order valence-electron chi connectivity index (χ0n) is 19.4. The highest BCUT2D eigenvalue weighted by Gasteiger charge is 2.41. The lowest BCUT2D eigenvalue weighted by Gasteiger charge is -2.10. The predicted octanol–water partition coefficient (Wildman–Crippen LogP) is 4.87. The van der Waals surface area contributed by atoms with Crippen molar-refractivity contribution in [2.24, 2.45) is 7.05 Å². The molecular weight excluding hydrogens is 559 g/mol. The van der Waals surface area contributed by atoms with Crippen molar-refractivity contribution in [3.05, 3.63) is 83.0 Å². The molecule has 1 aromatic carbocycles. The van der Waals surface area contributed by atoms with E-state index in [4.69, 9.17) is 6.57 Å². The lowest BCUT2D eigenvalue weighted by molar-refractivity contribution is -0.143. The molecule has 9 nitrogen and oxygen atoms in total. The molecule has 0 aliphatic heterocycles. The molecule has 0 aliphatic carbocycles. The number of alkyl halides is 6. The number of hydrogen-bond acceptors (Lipinski definition) is 5. The van der Waals surface area contributed by atoms with Gasteiger partial charge in [0.25, 0.3) is 5.82 Å². The molecule has 0 saturated heterocycles. The summed E-state index contributed by atoms with van der Waals surface area (Å²) in [6.07, 6.45) is -6.83. The second-order valence-electron chi connectivity index (χ2n) is 7.96. The number of pyridine rings is 1. The third-order valence-electron chi connectivity index (χ3n) is 5.27. The second-order valence-corrected chi connectivity index (χ2v) is 9.70. The van der Waals surface area contributed by atoms with Gasteiger partial charge in [-0.15, -0.1) is 4.98 Å². The Balaban J connectivity index is 1.55. The molecule has 4 aromatic rings. The Hall–Kier alpha value is -4.30. The van der Waals surface area contributed by atoms with Crippen molar-refractivity contribution in [1.82, 2.24) is 29.3 Å². The van der Waals surface area contributed by atoms with Crippen LogP contribution in [0, 0.1) is 12.4 Å². The third-order valence-corrected chi connectivity index (χ3v) is 6.67. The molecular formula is C22H14F7N7O2S. The van der Waals surface area contributed by atoms with Crippen LogP contribution in [0.3, 0.4) is 0 Å². The van der Waals surface area contributed by atoms with Crippen LogP contribution in [-0.4, -0.2) is 33.0 Å². The van der Waals surface area contributed by atoms with Crippen molar-refractivity contribution < 1.29 is 39.2 Å². The van der Waals surface area contributed by atoms with E-state index in [1.54, 1.807) is 0 Å². The Kier molecular flexibility index (Phi) is 6.95. The van der Waals surface area contributed by atoms with Crippen LogP contribution >= 0.6 is 0 Å². The summed E-state index contributed by atoms with van der Waals surface area (Å²) in [5.41, 5.74) is -2.97. The maximum atomic E-state index is 14.7. The molecule has 4 rings (SSSR count). The van der Waals surface area contributed by atoms with Crippen molar-refractivity contribution in [2.45, 2.75) is 23.8 Å². The Morgan fingerprint density at radius 2 is 1.77 bits per heavy atom. The van der Waals surface area contributed by atoms with Crippen molar-refractivity contribution in [2.75, 3.05) is 0 Å². The summed E-state index contributed by atoms with van der Waals surface area (Å²) in [5, 5.41) is 7.23. The summed E-state index contributed by atoms with van der Waals surface area (Å²) in [4.78, 5) is 5.16. The van der Waals surface area contributed by atoms with Gasteiger partial charge in [-0.2, -0.15) is 36.5 Å². The van der Waals surface area contributed by atoms with Crippen LogP contribution in [0.1, 0.15) is 16.8 Å². The third kappa shape index (κ3) is 5.76. The average molecular weight is 573 g/mol. The molecule has 0 aliphatic rings. The summed E-state index contributed by atoms with van der Waals surface area (Å²) in [6, 6.07) is 5.48. The molecule has 0 amide bonds. The molecule has 1 N–H and O–H groups in total. The largest absolute Gasteiger partial charge is 0.436 e. The number of nitrogens with one attached hydrogen (secondary N) is 1. The van der Waals surface area contributed by atoms with E-state index in [1.165, 1.54) is 18.3 Å². The van der Waals surface area contributed by atoms with Gasteiger partial charge >= 0.3 is 12.4 Å². The lowest BCUT2D eigenvalue weighted by Crippen LogP contribution is -2.26. The fourth-order valence-electron chi connectivity index (χ4n) is 3.45. The zero-order valence-corrected chi connectivity index (χ0v) is 20.2. The number of rotatable bonds is 6. The SMILES string of the molecule is [C-]#[N+]c1ncc(-c2ccn(-c3ccc(CNS(=O)(=O)c4cn(C)nc4C(F)(F)F)c(F)c3)n2)cc1C(F)(F)F. The van der Waals surface area contributed by atoms with Crippen molar-refractivity contribution in [1.29, 1.82) is 0 Å². The molecule has 3 heterocycles. The van der Waals surface area contributed by atoms with Crippen LogP contribution in [0.5, 0.6) is 0 Å². The Labute approximate surface area is 215 Å². The van der Waals surface area contributed by atoms with Crippen LogP contribution in [-0.2, 0) is 36.0 Å². The van der Waals surface area contributed by atoms with Crippen LogP contribution in [0.2, 0.25) is 0 Å². The van der Waals surface area contributed by atoms with Gasteiger partial charge in [-0.3, -0.25) is 4.68 Å². The van der Waals surface area contributed by atoms with Gasteiger partial charge < -0.3 is 4.85 Å². The quantitative estimate of drug-likeness (QED) is 0.262. The van der Waals surface area contributed by atoms with Gasteiger partial charge in [-0.1, -0.05) is 12.6 Å². The van der Waals surface area contributed by atoms with E-state index < -0.39 is 56.7 Å². The van der Waals surface area contributed by atoms with Gasteiger partial charge in [0, 0.05) is 37.1 Å². The number of halogens is 7. The van der Waals surface area contributed by atoms with Crippen molar-refractivity contribution in [3.8, 4) is 16.9 Å². The van der Waals surface area contributed by atoms with E-state index in [2.05, 4.69) is 20.0 Å². The topological polar surface area (TPSA) is 99.1 Å². The molecule has 0 atom stereocenters. The monoisotopic (exact) mass is 573 g/mol. The van der Waals surface area contributed by atoms with Gasteiger partial charge in [0.1, 0.15) is 16.9 Å². The first-order chi connectivity index (χ1) is 18.1. The Morgan fingerprint density at radius 3 is 2.38 bits per heavy atom. The molecule has 3 aromatic heterocycles. The maximum absolute atomic E-state index is 14.7. The number of hydrogen-bond donors (Lipinski definition) is 1. The second kappa shape index (κ2) is 9.78. The minimum atomic E-state index is -5.04. The van der Waals surface area contributed by atoms with E-state index in [1.807, 2.05) is 4.72 Å². The highest BCUT2D eigenvalue weighted by atomic mass is 32.2. The van der Waals surface area contributed by atoms with E-state index >= 15 is 0 Å². The summed E-state index contributed by atoms with van der Waals surface area (Å²) in [6.45, 7) is 6.17. The number of aromatic nitrogens is 5. The molecule has 17 heteroatoms. The highest BCUT2D eigenvalue weighted by Crippen LogP contribution is 2.37. The summed E-state index contributed by atoms with van der Waals surface area (Å²) < 4.78 is 123. The highest BCUT2D eigenvalue weighted by molar-refractivity contribution is 7.89. The van der Waals surface area contributed by atoms with Gasteiger partial charge in [-0.25, -0.2) is 22.2 Å². The molecule has 0 saturated carbocycles. The molecule has 0 radical (unpaired) electrons. The summed E-state index contributed by atoms with van der Waals surface area (Å²) >= 11 is 0. The Bertz CT molecular complexity index is 1700. The summed E-state index contributed by atoms with van der Waals surface area (Å²) in [7, 11) is -3.61. The normalized spacial score (nSPS) is 12.5. The molecule has 0 fully saturated rings. The van der Waals surface area contributed by atoms with E-state index in [0.717, 1.165) is 36.1 Å². The molecule has 0 spiro atoms. The number of nitrogens with zero attached hydrogens (tertiary/aromatic N) is 6. The van der Waals surface area contributed by atoms with Gasteiger partial charge in [0.2, 0.25) is 10.0 Å². The Morgan fingerprint density at radius 1 is 1.05 bits per heavy atom. The van der Waals surface area contributed by atoms with Gasteiger partial charge in [-0.05, 0) is 24.3 Å². The molecule has 204 valence electrons. The fraction of sp³-hybridized carbons (Fsp3) is 0.182. The van der Waals surface area contributed by atoms with Crippen molar-refractivity contribution in [3.63, 3.8) is 0 Å². The minimum Gasteiger partial charge on any atom is -0.360 e. The average Bonchev–Trinajstić information content (AvgIpc) is 3.50. The molecule has 0 unspecified atom stereocenters. The van der Waals surface area contributed by atoms with Gasteiger partial charge in [0.15, 0.2) is 5.69 Å². The first-order valence-corrected chi connectivity index (χ1v) is 12.0. The van der Waals surface area contributed by atoms with E-state index in [0.29, 0.717) is 10.9 Å². The standard InChI is InChI=1S/C22H14F7N7O2S/c1-30-20-15(21(24,25)26)7-13(9-31-20)17-5-6-36(33-17)14-4-3-12(16(23)8-14)10-32-39(37,38)18-11-35(2)34-19(18)22(27,28)29/h3-9,11,32H,10H2,2H3.